The zero-order valence-electron chi connectivity index (χ0n) is 17.5. The predicted octanol–water partition coefficient (Wildman–Crippen LogP) is 1.75. The van der Waals surface area contributed by atoms with E-state index in [-0.39, 0.29) is 11.8 Å². The van der Waals surface area contributed by atoms with E-state index in [1.165, 1.54) is 0 Å². The summed E-state index contributed by atoms with van der Waals surface area (Å²) in [5.74, 6) is 0.967. The minimum absolute atomic E-state index is 0.0493. The first kappa shape index (κ1) is 23.1. The number of nitrogens with one attached hydrogen (secondary N) is 2. The van der Waals surface area contributed by atoms with Crippen molar-refractivity contribution in [2.24, 2.45) is 22.2 Å². The maximum Gasteiger partial charge on any atom is 0.202 e. The number of aryl methyl sites for hydroxylation is 2. The molecule has 0 amide bonds. The molecule has 0 bridgehead atoms. The van der Waals surface area contributed by atoms with Crippen molar-refractivity contribution in [2.75, 3.05) is 13.2 Å². The van der Waals surface area contributed by atoms with Crippen molar-refractivity contribution in [3.8, 4) is 5.75 Å². The molecular formula is C21H34N8O. The third-order valence-corrected chi connectivity index (χ3v) is 4.80. The van der Waals surface area contributed by atoms with Gasteiger partial charge in [0, 0.05) is 37.6 Å². The van der Waals surface area contributed by atoms with Crippen LogP contribution in [0.1, 0.15) is 44.1 Å². The van der Waals surface area contributed by atoms with Gasteiger partial charge in [-0.25, -0.2) is 0 Å². The van der Waals surface area contributed by atoms with Crippen LogP contribution in [0.5, 0.6) is 5.75 Å². The fourth-order valence-corrected chi connectivity index (χ4v) is 3.12. The maximum atomic E-state index is 8.32. The van der Waals surface area contributed by atoms with Gasteiger partial charge in [0.15, 0.2) is 5.96 Å². The molecule has 0 fully saturated rings. The number of nitrogens with two attached hydrogens (primary N) is 3. The molecule has 0 radical (unpaired) electrons. The number of unbranched alkanes of at least 4 members (excludes halogenated alkanes) is 4. The molecule has 0 aliphatic rings. The van der Waals surface area contributed by atoms with E-state index < -0.39 is 0 Å². The Morgan fingerprint density at radius 1 is 0.867 bits per heavy atom. The zero-order chi connectivity index (χ0) is 21.8. The van der Waals surface area contributed by atoms with Crippen LogP contribution in [0.4, 0.5) is 0 Å². The first-order valence-corrected chi connectivity index (χ1v) is 10.4. The van der Waals surface area contributed by atoms with Gasteiger partial charge < -0.3 is 31.1 Å². The Morgan fingerprint density at radius 3 is 2.10 bits per heavy atom. The van der Waals surface area contributed by atoms with Crippen LogP contribution >= 0.6 is 0 Å². The molecule has 0 aliphatic heterocycles. The Bertz CT molecular complexity index is 862. The number of amidine groups is 1. The highest BCUT2D eigenvalue weighted by Crippen LogP contribution is 2.12. The van der Waals surface area contributed by atoms with E-state index in [0.717, 1.165) is 57.4 Å². The van der Waals surface area contributed by atoms with E-state index in [4.69, 9.17) is 32.8 Å². The van der Waals surface area contributed by atoms with Crippen LogP contribution in [0.25, 0.3) is 0 Å². The van der Waals surface area contributed by atoms with Gasteiger partial charge in [-0.3, -0.25) is 15.8 Å². The van der Waals surface area contributed by atoms with Crippen molar-refractivity contribution in [3.05, 3.63) is 47.8 Å². The molecule has 1 heterocycles. The summed E-state index contributed by atoms with van der Waals surface area (Å²) in [6, 6.07) is 7.19. The maximum absolute atomic E-state index is 8.32. The Kier molecular flexibility index (Phi) is 9.50. The monoisotopic (exact) mass is 414 g/mol. The number of rotatable bonds is 14. The highest BCUT2D eigenvalue weighted by molar-refractivity contribution is 5.94. The van der Waals surface area contributed by atoms with Gasteiger partial charge in [0.2, 0.25) is 5.62 Å². The van der Waals surface area contributed by atoms with Crippen molar-refractivity contribution in [1.29, 1.82) is 10.8 Å². The van der Waals surface area contributed by atoms with Gasteiger partial charge in [-0.15, -0.1) is 0 Å². The number of aromatic nitrogens is 2. The molecule has 164 valence electrons. The summed E-state index contributed by atoms with van der Waals surface area (Å²) in [5, 5.41) is 15.7. The van der Waals surface area contributed by atoms with Gasteiger partial charge in [-0.1, -0.05) is 19.3 Å². The molecule has 0 atom stereocenters. The Balaban J connectivity index is 1.62. The van der Waals surface area contributed by atoms with Gasteiger partial charge in [-0.2, -0.15) is 0 Å². The lowest BCUT2D eigenvalue weighted by Crippen LogP contribution is -2.25. The van der Waals surface area contributed by atoms with Gasteiger partial charge in [0.1, 0.15) is 11.6 Å². The minimum atomic E-state index is 0.0493. The van der Waals surface area contributed by atoms with Crippen LogP contribution in [0.15, 0.2) is 41.7 Å². The Morgan fingerprint density at radius 2 is 1.47 bits per heavy atom. The average Bonchev–Trinajstić information content (AvgIpc) is 3.07. The summed E-state index contributed by atoms with van der Waals surface area (Å²) in [7, 11) is 0. The van der Waals surface area contributed by atoms with Crippen LogP contribution in [0.3, 0.4) is 0 Å². The van der Waals surface area contributed by atoms with Crippen LogP contribution in [0.2, 0.25) is 0 Å². The number of nitrogens with zero attached hydrogens (tertiary/aromatic N) is 3. The number of nitrogen functional groups attached to an aromatic ring is 1. The summed E-state index contributed by atoms with van der Waals surface area (Å²) in [4.78, 5) is 3.98. The number of benzene rings is 1. The minimum Gasteiger partial charge on any atom is -0.494 e. The molecule has 2 aromatic rings. The molecule has 9 heteroatoms. The fraction of sp³-hybridized carbons (Fsp3) is 0.476. The number of hydrogen-bond donors (Lipinski definition) is 5. The summed E-state index contributed by atoms with van der Waals surface area (Å²) < 4.78 is 9.66. The standard InChI is InChI=1S/C21H34N8O/c22-19(23)17-7-9-18(10-8-17)30-16-6-13-29-15-14-28(21(29)26)12-5-3-1-2-4-11-27-20(24)25/h7-10,14-15,26H,1-6,11-13,16H2,(H3,22,23)(H4,24,25,27). The molecule has 9 nitrogen and oxygen atoms in total. The number of hydrogen-bond acceptors (Lipinski definition) is 4. The van der Waals surface area contributed by atoms with Crippen LogP contribution < -0.4 is 27.6 Å². The van der Waals surface area contributed by atoms with Gasteiger partial charge in [-0.05, 0) is 43.5 Å². The highest BCUT2D eigenvalue weighted by atomic mass is 16.5. The Hall–Kier alpha value is -3.23. The summed E-state index contributed by atoms with van der Waals surface area (Å²) in [6.45, 7) is 2.86. The molecule has 0 saturated heterocycles. The van der Waals surface area contributed by atoms with Crippen molar-refractivity contribution < 1.29 is 4.74 Å². The largest absolute Gasteiger partial charge is 0.494 e. The summed E-state index contributed by atoms with van der Waals surface area (Å²) in [5.41, 5.74) is 17.3. The number of ether oxygens (including phenoxy) is 1. The third kappa shape index (κ3) is 8.02. The second kappa shape index (κ2) is 12.4. The van der Waals surface area contributed by atoms with E-state index in [1.54, 1.807) is 12.1 Å². The van der Waals surface area contributed by atoms with Gasteiger partial charge >= 0.3 is 0 Å². The van der Waals surface area contributed by atoms with Gasteiger partial charge in [0.05, 0.1) is 6.61 Å². The van der Waals surface area contributed by atoms with Crippen molar-refractivity contribution in [1.82, 2.24) is 9.13 Å². The normalized spacial score (nSPS) is 10.7. The first-order valence-electron chi connectivity index (χ1n) is 10.4. The van der Waals surface area contributed by atoms with E-state index >= 15 is 0 Å². The molecule has 8 N–H and O–H groups in total. The van der Waals surface area contributed by atoms with Crippen molar-refractivity contribution in [2.45, 2.75) is 51.6 Å². The fourth-order valence-electron chi connectivity index (χ4n) is 3.12. The molecule has 0 spiro atoms. The zero-order valence-corrected chi connectivity index (χ0v) is 17.5. The van der Waals surface area contributed by atoms with Gasteiger partial charge in [0.25, 0.3) is 0 Å². The van der Waals surface area contributed by atoms with Crippen LogP contribution in [-0.2, 0) is 13.1 Å². The van der Waals surface area contributed by atoms with E-state index in [9.17, 15) is 0 Å². The molecule has 0 saturated carbocycles. The molecular weight excluding hydrogens is 380 g/mol. The number of aliphatic imine (C=N–C) groups is 1. The lowest BCUT2D eigenvalue weighted by atomic mass is 10.1. The van der Waals surface area contributed by atoms with E-state index in [1.807, 2.05) is 33.7 Å². The summed E-state index contributed by atoms with van der Waals surface area (Å²) in [6.07, 6.45) is 10.2. The second-order valence-corrected chi connectivity index (χ2v) is 7.22. The molecule has 30 heavy (non-hydrogen) atoms. The lowest BCUT2D eigenvalue weighted by Gasteiger charge is -2.08. The highest BCUT2D eigenvalue weighted by Gasteiger charge is 2.02. The first-order chi connectivity index (χ1) is 14.5. The summed E-state index contributed by atoms with van der Waals surface area (Å²) >= 11 is 0. The molecule has 1 aromatic carbocycles. The number of imidazole rings is 1. The third-order valence-electron chi connectivity index (χ3n) is 4.80. The van der Waals surface area contributed by atoms with E-state index in [0.29, 0.717) is 24.3 Å². The average molecular weight is 415 g/mol. The van der Waals surface area contributed by atoms with Crippen molar-refractivity contribution >= 4 is 11.8 Å². The molecule has 0 aliphatic carbocycles. The molecule has 2 rings (SSSR count). The number of guanidine groups is 1. The quantitative estimate of drug-likeness (QED) is 0.181. The molecule has 0 unspecified atom stereocenters. The lowest BCUT2D eigenvalue weighted by molar-refractivity contribution is 0.300. The Labute approximate surface area is 177 Å². The SMILES string of the molecule is N=C(N)c1ccc(OCCCn2ccn(CCCCCCCN=C(N)N)c2=N)cc1. The smallest absolute Gasteiger partial charge is 0.202 e. The predicted molar refractivity (Wildman–Crippen MR) is 120 cm³/mol. The second-order valence-electron chi connectivity index (χ2n) is 7.22. The van der Waals surface area contributed by atoms with Crippen LogP contribution in [0, 0.1) is 10.8 Å². The van der Waals surface area contributed by atoms with Crippen molar-refractivity contribution in [3.63, 3.8) is 0 Å². The topological polar surface area (TPSA) is 157 Å². The molecule has 1 aromatic heterocycles. The van der Waals surface area contributed by atoms with E-state index in [2.05, 4.69) is 4.99 Å². The van der Waals surface area contributed by atoms with Crippen LogP contribution in [-0.4, -0.2) is 34.1 Å².